The van der Waals surface area contributed by atoms with Gasteiger partial charge in [-0.05, 0) is 52.0 Å². The molecule has 1 N–H and O–H groups in total. The molecule has 0 radical (unpaired) electrons. The Hall–Kier alpha value is -1.62. The third-order valence-corrected chi connectivity index (χ3v) is 4.01. The number of rotatable bonds is 7. The van der Waals surface area contributed by atoms with Crippen molar-refractivity contribution < 1.29 is 14.3 Å². The summed E-state index contributed by atoms with van der Waals surface area (Å²) in [5, 5.41) is 2.99. The van der Waals surface area contributed by atoms with E-state index in [0.29, 0.717) is 19.1 Å². The van der Waals surface area contributed by atoms with Gasteiger partial charge in [-0.1, -0.05) is 6.92 Å². The monoisotopic (exact) mass is 306 g/mol. The lowest BCUT2D eigenvalue weighted by atomic mass is 10.0. The molecule has 1 aliphatic carbocycles. The Bertz CT molecular complexity index is 511. The number of aryl methyl sites for hydroxylation is 1. The summed E-state index contributed by atoms with van der Waals surface area (Å²) in [4.78, 5) is 17.1. The van der Waals surface area contributed by atoms with Gasteiger partial charge in [0, 0.05) is 12.7 Å². The largest absolute Gasteiger partial charge is 0.478 e. The van der Waals surface area contributed by atoms with Gasteiger partial charge in [0.1, 0.15) is 5.60 Å². The highest BCUT2D eigenvalue weighted by molar-refractivity contribution is 5.98. The van der Waals surface area contributed by atoms with Crippen LogP contribution >= 0.6 is 0 Å². The van der Waals surface area contributed by atoms with E-state index in [1.165, 1.54) is 0 Å². The van der Waals surface area contributed by atoms with Crippen molar-refractivity contribution in [1.29, 1.82) is 0 Å². The van der Waals surface area contributed by atoms with Gasteiger partial charge < -0.3 is 14.8 Å². The van der Waals surface area contributed by atoms with Gasteiger partial charge in [-0.3, -0.25) is 4.79 Å². The zero-order chi connectivity index (χ0) is 16.0. The molecular formula is C17H26N2O3. The molecule has 1 fully saturated rings. The first-order valence-corrected chi connectivity index (χ1v) is 8.17. The van der Waals surface area contributed by atoms with Gasteiger partial charge in [0.25, 0.3) is 5.91 Å². The molecule has 0 aromatic carbocycles. The smallest absolute Gasteiger partial charge is 0.256 e. The molecule has 1 aliphatic rings. The molecule has 0 atom stereocenters. The fourth-order valence-corrected chi connectivity index (χ4v) is 2.82. The van der Waals surface area contributed by atoms with Gasteiger partial charge >= 0.3 is 0 Å². The van der Waals surface area contributed by atoms with E-state index in [2.05, 4.69) is 17.2 Å². The summed E-state index contributed by atoms with van der Waals surface area (Å²) in [5.41, 5.74) is 0.809. The molecular weight excluding hydrogens is 280 g/mol. The Morgan fingerprint density at radius 1 is 1.32 bits per heavy atom. The Kier molecular flexibility index (Phi) is 5.77. The molecule has 1 amide bonds. The summed E-state index contributed by atoms with van der Waals surface area (Å²) >= 11 is 0. The maximum atomic E-state index is 12.7. The molecule has 1 aromatic rings. The third kappa shape index (κ3) is 3.77. The number of anilines is 1. The van der Waals surface area contributed by atoms with Crippen LogP contribution in [0.4, 0.5) is 5.69 Å². The van der Waals surface area contributed by atoms with Crippen molar-refractivity contribution in [3.63, 3.8) is 0 Å². The number of hydrogen-bond acceptors (Lipinski definition) is 4. The molecule has 5 heteroatoms. The second-order valence-electron chi connectivity index (χ2n) is 5.72. The first-order chi connectivity index (χ1) is 10.6. The summed E-state index contributed by atoms with van der Waals surface area (Å²) in [7, 11) is 0. The van der Waals surface area contributed by atoms with Gasteiger partial charge in [0.15, 0.2) is 0 Å². The predicted octanol–water partition coefficient (Wildman–Crippen LogP) is 3.47. The summed E-state index contributed by atoms with van der Waals surface area (Å²) in [6.07, 6.45) is 4.58. The second kappa shape index (κ2) is 7.58. The lowest BCUT2D eigenvalue weighted by Gasteiger charge is -2.28. The first-order valence-electron chi connectivity index (χ1n) is 8.17. The number of ether oxygens (including phenoxy) is 2. The average Bonchev–Trinajstić information content (AvgIpc) is 2.98. The van der Waals surface area contributed by atoms with E-state index < -0.39 is 5.60 Å². The first kappa shape index (κ1) is 16.7. The van der Waals surface area contributed by atoms with E-state index in [1.807, 2.05) is 19.9 Å². The standard InChI is InChI=1S/C17H26N2O3/c1-4-12-22-17(10-6-7-11-17)16(20)19-14-8-9-15(21-5-2)18-13(14)3/h8-9H,4-7,10-12H2,1-3H3,(H,19,20). The van der Waals surface area contributed by atoms with Crippen molar-refractivity contribution in [2.75, 3.05) is 18.5 Å². The van der Waals surface area contributed by atoms with E-state index in [0.717, 1.165) is 43.5 Å². The van der Waals surface area contributed by atoms with Gasteiger partial charge in [-0.25, -0.2) is 4.98 Å². The Balaban J connectivity index is 2.09. The maximum absolute atomic E-state index is 12.7. The van der Waals surface area contributed by atoms with E-state index in [-0.39, 0.29) is 5.91 Å². The minimum absolute atomic E-state index is 0.0486. The zero-order valence-electron chi connectivity index (χ0n) is 13.8. The summed E-state index contributed by atoms with van der Waals surface area (Å²) in [6.45, 7) is 7.04. The molecule has 1 aromatic heterocycles. The molecule has 22 heavy (non-hydrogen) atoms. The molecule has 0 saturated heterocycles. The second-order valence-corrected chi connectivity index (χ2v) is 5.72. The van der Waals surface area contributed by atoms with E-state index in [9.17, 15) is 4.79 Å². The number of aromatic nitrogens is 1. The molecule has 2 rings (SSSR count). The molecule has 0 spiro atoms. The Labute approximate surface area is 132 Å². The minimum atomic E-state index is -0.666. The van der Waals surface area contributed by atoms with Crippen molar-refractivity contribution in [2.24, 2.45) is 0 Å². The molecule has 5 nitrogen and oxygen atoms in total. The highest BCUT2D eigenvalue weighted by Gasteiger charge is 2.42. The van der Waals surface area contributed by atoms with Crippen molar-refractivity contribution in [2.45, 2.75) is 58.5 Å². The topological polar surface area (TPSA) is 60.5 Å². The molecule has 1 saturated carbocycles. The highest BCUT2D eigenvalue weighted by Crippen LogP contribution is 2.35. The van der Waals surface area contributed by atoms with Crippen LogP contribution in [-0.4, -0.2) is 29.7 Å². The maximum Gasteiger partial charge on any atom is 0.256 e. The number of hydrogen-bond donors (Lipinski definition) is 1. The van der Waals surface area contributed by atoms with Crippen LogP contribution in [-0.2, 0) is 9.53 Å². The quantitative estimate of drug-likeness (QED) is 0.838. The van der Waals surface area contributed by atoms with Gasteiger partial charge in [-0.15, -0.1) is 0 Å². The van der Waals surface area contributed by atoms with Crippen LogP contribution in [0.2, 0.25) is 0 Å². The Morgan fingerprint density at radius 2 is 2.05 bits per heavy atom. The fraction of sp³-hybridized carbons (Fsp3) is 0.647. The van der Waals surface area contributed by atoms with Crippen molar-refractivity contribution in [3.8, 4) is 5.88 Å². The van der Waals surface area contributed by atoms with Crippen LogP contribution in [0, 0.1) is 6.92 Å². The fourth-order valence-electron chi connectivity index (χ4n) is 2.82. The molecule has 122 valence electrons. The van der Waals surface area contributed by atoms with Crippen molar-refractivity contribution in [3.05, 3.63) is 17.8 Å². The number of nitrogens with zero attached hydrogens (tertiary/aromatic N) is 1. The number of amides is 1. The van der Waals surface area contributed by atoms with Crippen molar-refractivity contribution in [1.82, 2.24) is 4.98 Å². The van der Waals surface area contributed by atoms with Gasteiger partial charge in [-0.2, -0.15) is 0 Å². The van der Waals surface area contributed by atoms with E-state index >= 15 is 0 Å². The van der Waals surface area contributed by atoms with E-state index in [1.54, 1.807) is 6.07 Å². The van der Waals surface area contributed by atoms with Crippen LogP contribution in [0.15, 0.2) is 12.1 Å². The van der Waals surface area contributed by atoms with Gasteiger partial charge in [0.2, 0.25) is 5.88 Å². The minimum Gasteiger partial charge on any atom is -0.478 e. The number of carbonyl (C=O) groups excluding carboxylic acids is 1. The highest BCUT2D eigenvalue weighted by atomic mass is 16.5. The lowest BCUT2D eigenvalue weighted by Crippen LogP contribution is -2.43. The van der Waals surface area contributed by atoms with Gasteiger partial charge in [0.05, 0.1) is 18.0 Å². The summed E-state index contributed by atoms with van der Waals surface area (Å²) < 4.78 is 11.3. The molecule has 0 aliphatic heterocycles. The molecule has 1 heterocycles. The average molecular weight is 306 g/mol. The molecule has 0 bridgehead atoms. The van der Waals surface area contributed by atoms with Crippen molar-refractivity contribution >= 4 is 11.6 Å². The number of carbonyl (C=O) groups is 1. The van der Waals surface area contributed by atoms with Crippen LogP contribution in [0.1, 0.15) is 51.6 Å². The molecule has 0 unspecified atom stereocenters. The van der Waals surface area contributed by atoms with Crippen LogP contribution in [0.5, 0.6) is 5.88 Å². The summed E-state index contributed by atoms with van der Waals surface area (Å²) in [6, 6.07) is 3.62. The normalized spacial score (nSPS) is 16.5. The third-order valence-electron chi connectivity index (χ3n) is 4.01. The van der Waals surface area contributed by atoms with Crippen LogP contribution in [0.3, 0.4) is 0 Å². The SMILES string of the molecule is CCCOC1(C(=O)Nc2ccc(OCC)nc2C)CCCC1. The predicted molar refractivity (Wildman–Crippen MR) is 86.2 cm³/mol. The zero-order valence-corrected chi connectivity index (χ0v) is 13.8. The lowest BCUT2D eigenvalue weighted by molar-refractivity contribution is -0.140. The van der Waals surface area contributed by atoms with E-state index in [4.69, 9.17) is 9.47 Å². The number of nitrogens with one attached hydrogen (secondary N) is 1. The summed E-state index contributed by atoms with van der Waals surface area (Å²) in [5.74, 6) is 0.531. The Morgan fingerprint density at radius 3 is 2.64 bits per heavy atom. The van der Waals surface area contributed by atoms with Crippen LogP contribution in [0.25, 0.3) is 0 Å². The van der Waals surface area contributed by atoms with Crippen LogP contribution < -0.4 is 10.1 Å². The number of pyridine rings is 1.